The van der Waals surface area contributed by atoms with Gasteiger partial charge < -0.3 is 0 Å². The molecular formula is C33H48O2S. The molecule has 0 bridgehead atoms. The van der Waals surface area contributed by atoms with E-state index in [4.69, 9.17) is 0 Å². The number of allylic oxidation sites excluding steroid dienone is 4. The van der Waals surface area contributed by atoms with Gasteiger partial charge in [0, 0.05) is 0 Å². The van der Waals surface area contributed by atoms with E-state index < -0.39 is 9.84 Å². The van der Waals surface area contributed by atoms with Crippen molar-refractivity contribution >= 4 is 9.84 Å². The van der Waals surface area contributed by atoms with Crippen molar-refractivity contribution in [1.82, 2.24) is 0 Å². The van der Waals surface area contributed by atoms with Gasteiger partial charge >= 0.3 is 0 Å². The van der Waals surface area contributed by atoms with E-state index in [-0.39, 0.29) is 16.6 Å². The lowest BCUT2D eigenvalue weighted by Crippen LogP contribution is -2.47. The molecule has 0 spiro atoms. The van der Waals surface area contributed by atoms with Crippen molar-refractivity contribution in [3.63, 3.8) is 0 Å². The topological polar surface area (TPSA) is 34.1 Å². The molecule has 0 saturated heterocycles. The number of hydrogen-bond acceptors (Lipinski definition) is 2. The molecule has 1 unspecified atom stereocenters. The number of fused-ring (bicyclic) bond motifs is 5. The van der Waals surface area contributed by atoms with Crippen LogP contribution >= 0.6 is 0 Å². The first-order valence-corrected chi connectivity index (χ1v) is 16.3. The normalized spacial score (nSPS) is 35.8. The van der Waals surface area contributed by atoms with Crippen molar-refractivity contribution < 1.29 is 8.42 Å². The molecule has 198 valence electrons. The molecule has 1 aromatic carbocycles. The van der Waals surface area contributed by atoms with Crippen LogP contribution < -0.4 is 0 Å². The zero-order valence-electron chi connectivity index (χ0n) is 23.3. The molecule has 0 heterocycles. The lowest BCUT2D eigenvalue weighted by Gasteiger charge is -2.55. The number of benzene rings is 1. The summed E-state index contributed by atoms with van der Waals surface area (Å²) in [5, 5.41) is -0.303. The van der Waals surface area contributed by atoms with Gasteiger partial charge in [-0.1, -0.05) is 82.5 Å². The van der Waals surface area contributed by atoms with Crippen LogP contribution in [0.15, 0.2) is 58.5 Å². The maximum absolute atomic E-state index is 14.0. The Labute approximate surface area is 221 Å². The van der Waals surface area contributed by atoms with Crippen molar-refractivity contribution in [2.45, 2.75) is 109 Å². The van der Waals surface area contributed by atoms with Gasteiger partial charge in [0.25, 0.3) is 0 Å². The predicted octanol–water partition coefficient (Wildman–Crippen LogP) is 8.79. The molecule has 7 atom stereocenters. The minimum Gasteiger partial charge on any atom is -0.223 e. The summed E-state index contributed by atoms with van der Waals surface area (Å²) < 4.78 is 28.0. The first-order chi connectivity index (χ1) is 17.1. The fraction of sp³-hybridized carbons (Fsp3) is 0.697. The van der Waals surface area contributed by atoms with Gasteiger partial charge in [-0.2, -0.15) is 0 Å². The van der Waals surface area contributed by atoms with Crippen LogP contribution in [-0.2, 0) is 9.84 Å². The molecule has 0 N–H and O–H groups in total. The average molecular weight is 509 g/mol. The summed E-state index contributed by atoms with van der Waals surface area (Å²) in [7, 11) is -3.37. The van der Waals surface area contributed by atoms with Crippen LogP contribution in [0.2, 0.25) is 0 Å². The third-order valence-corrected chi connectivity index (χ3v) is 13.7. The van der Waals surface area contributed by atoms with Crippen LogP contribution in [0, 0.1) is 40.4 Å². The van der Waals surface area contributed by atoms with Gasteiger partial charge in [0.05, 0.1) is 10.1 Å². The maximum Gasteiger partial charge on any atom is 0.181 e. The molecule has 0 radical (unpaired) electrons. The van der Waals surface area contributed by atoms with Crippen LogP contribution in [0.1, 0.15) is 98.8 Å². The Morgan fingerprint density at radius 1 is 0.889 bits per heavy atom. The fourth-order valence-corrected chi connectivity index (χ4v) is 11.3. The van der Waals surface area contributed by atoms with Crippen LogP contribution in [0.4, 0.5) is 0 Å². The summed E-state index contributed by atoms with van der Waals surface area (Å²) in [6.45, 7) is 11.8. The zero-order valence-corrected chi connectivity index (χ0v) is 24.1. The standard InChI is InChI=1S/C33H48O2S/c1-23(2)14-19-31(36(34,35)26-12-7-6-8-13-26)24(3)28-17-18-29-27-16-15-25-11-9-10-21-32(25,4)30(27)20-22-33(28,29)5/h6-8,12-13,15-16,23-24,28-31H,9-11,14,17-22H2,1-5H3/t24-,28+,29-,30-,31?,32-,33+/m0/s1. The lowest BCUT2D eigenvalue weighted by molar-refractivity contribution is 0.0483. The van der Waals surface area contributed by atoms with E-state index in [2.05, 4.69) is 46.8 Å². The van der Waals surface area contributed by atoms with E-state index in [0.29, 0.717) is 34.0 Å². The highest BCUT2D eigenvalue weighted by Gasteiger charge is 2.57. The third-order valence-electron chi connectivity index (χ3n) is 11.3. The number of sulfone groups is 1. The molecule has 3 heteroatoms. The summed E-state index contributed by atoms with van der Waals surface area (Å²) >= 11 is 0. The Morgan fingerprint density at radius 3 is 2.36 bits per heavy atom. The van der Waals surface area contributed by atoms with E-state index in [9.17, 15) is 8.42 Å². The van der Waals surface area contributed by atoms with Crippen molar-refractivity contribution in [3.05, 3.63) is 53.6 Å². The molecule has 4 aliphatic carbocycles. The second kappa shape index (κ2) is 9.75. The predicted molar refractivity (Wildman–Crippen MR) is 150 cm³/mol. The highest BCUT2D eigenvalue weighted by Crippen LogP contribution is 2.66. The van der Waals surface area contributed by atoms with Crippen LogP contribution in [0.5, 0.6) is 0 Å². The first-order valence-electron chi connectivity index (χ1n) is 14.8. The molecule has 2 nitrogen and oxygen atoms in total. The quantitative estimate of drug-likeness (QED) is 0.369. The summed E-state index contributed by atoms with van der Waals surface area (Å²) in [5.74, 6) is 2.46. The van der Waals surface area contributed by atoms with Crippen molar-refractivity contribution in [2.24, 2.45) is 40.4 Å². The van der Waals surface area contributed by atoms with Crippen molar-refractivity contribution in [1.29, 1.82) is 0 Å². The molecule has 5 rings (SSSR count). The van der Waals surface area contributed by atoms with Gasteiger partial charge in [0.2, 0.25) is 0 Å². The van der Waals surface area contributed by atoms with Crippen LogP contribution in [-0.4, -0.2) is 13.7 Å². The molecule has 0 amide bonds. The van der Waals surface area contributed by atoms with Crippen molar-refractivity contribution in [3.8, 4) is 0 Å². The second-order valence-corrected chi connectivity index (χ2v) is 15.7. The maximum atomic E-state index is 14.0. The van der Waals surface area contributed by atoms with E-state index in [0.717, 1.165) is 12.8 Å². The van der Waals surface area contributed by atoms with Gasteiger partial charge in [-0.05, 0) is 110 Å². The molecule has 0 aliphatic heterocycles. The Balaban J connectivity index is 1.45. The SMILES string of the molecule is CC(C)CCC([C@@H](C)[C@H]1CC[C@H]2C3=CC=C4CCCC[C@]4(C)[C@H]3CC[C@]12C)S(=O)(=O)c1ccccc1. The molecule has 36 heavy (non-hydrogen) atoms. The average Bonchev–Trinajstić information content (AvgIpc) is 3.21. The Hall–Kier alpha value is -1.35. The minimum atomic E-state index is -3.37. The highest BCUT2D eigenvalue weighted by molar-refractivity contribution is 7.92. The Bertz CT molecular complexity index is 1110. The van der Waals surface area contributed by atoms with Gasteiger partial charge in [0.1, 0.15) is 0 Å². The van der Waals surface area contributed by atoms with Crippen LogP contribution in [0.25, 0.3) is 0 Å². The summed E-state index contributed by atoms with van der Waals surface area (Å²) in [6, 6.07) is 9.26. The molecule has 3 fully saturated rings. The Kier molecular flexibility index (Phi) is 7.11. The molecule has 1 aromatic rings. The number of hydrogen-bond donors (Lipinski definition) is 0. The van der Waals surface area contributed by atoms with Gasteiger partial charge in [-0.25, -0.2) is 8.42 Å². The highest BCUT2D eigenvalue weighted by atomic mass is 32.2. The minimum absolute atomic E-state index is 0.168. The van der Waals surface area contributed by atoms with Gasteiger partial charge in [-0.15, -0.1) is 0 Å². The van der Waals surface area contributed by atoms with Crippen LogP contribution in [0.3, 0.4) is 0 Å². The molecule has 4 aliphatic rings. The number of rotatable bonds is 7. The van der Waals surface area contributed by atoms with E-state index in [1.165, 1.54) is 51.4 Å². The molecule has 3 saturated carbocycles. The first kappa shape index (κ1) is 26.3. The largest absolute Gasteiger partial charge is 0.223 e. The summed E-state index contributed by atoms with van der Waals surface area (Å²) in [4.78, 5) is 0.506. The summed E-state index contributed by atoms with van der Waals surface area (Å²) in [6.07, 6.45) is 17.0. The second-order valence-electron chi connectivity index (χ2n) is 13.5. The van der Waals surface area contributed by atoms with E-state index >= 15 is 0 Å². The summed E-state index contributed by atoms with van der Waals surface area (Å²) in [5.41, 5.74) is 4.00. The van der Waals surface area contributed by atoms with E-state index in [1.807, 2.05) is 18.2 Å². The third kappa shape index (κ3) is 4.26. The molecule has 0 aromatic heterocycles. The van der Waals surface area contributed by atoms with Gasteiger partial charge in [-0.3, -0.25) is 0 Å². The Morgan fingerprint density at radius 2 is 1.64 bits per heavy atom. The fourth-order valence-electron chi connectivity index (χ4n) is 9.18. The zero-order chi connectivity index (χ0) is 25.7. The monoisotopic (exact) mass is 508 g/mol. The van der Waals surface area contributed by atoms with Crippen molar-refractivity contribution in [2.75, 3.05) is 0 Å². The molecular weight excluding hydrogens is 460 g/mol. The van der Waals surface area contributed by atoms with Gasteiger partial charge in [0.15, 0.2) is 9.84 Å². The smallest absolute Gasteiger partial charge is 0.181 e. The van der Waals surface area contributed by atoms with E-state index in [1.54, 1.807) is 23.3 Å². The lowest BCUT2D eigenvalue weighted by atomic mass is 9.50.